The molecule has 5 fully saturated rings. The number of amides is 5. The molecule has 11 aliphatic rings. The number of benzene rings is 3. The summed E-state index contributed by atoms with van der Waals surface area (Å²) in [4.78, 5) is 88.4. The van der Waals surface area contributed by atoms with Crippen LogP contribution in [0.4, 0.5) is 69.7 Å². The van der Waals surface area contributed by atoms with Crippen LogP contribution in [0.1, 0.15) is 213 Å². The minimum atomic E-state index is -4.23. The van der Waals surface area contributed by atoms with Gasteiger partial charge >= 0.3 is 18.5 Å². The van der Waals surface area contributed by atoms with Crippen molar-refractivity contribution in [2.45, 2.75) is 257 Å². The van der Waals surface area contributed by atoms with Gasteiger partial charge < -0.3 is 38.2 Å². The van der Waals surface area contributed by atoms with E-state index in [1.807, 2.05) is 13.7 Å². The second-order valence-corrected chi connectivity index (χ2v) is 30.2. The number of imidazole rings is 3. The maximum atomic E-state index is 14.3. The number of nitrogens with zero attached hydrogens (tertiary/aromatic N) is 11. The molecular formula is C78H93F12N11O5. The number of likely N-dealkylation sites (tertiary alicyclic amines) is 2. The summed E-state index contributed by atoms with van der Waals surface area (Å²) < 4.78 is 163. The zero-order valence-electron chi connectivity index (χ0n) is 57.1. The van der Waals surface area contributed by atoms with Crippen LogP contribution in [0.2, 0.25) is 0 Å². The number of alkyl halides is 9. The lowest BCUT2D eigenvalue weighted by atomic mass is 9.65. The van der Waals surface area contributed by atoms with E-state index in [1.54, 1.807) is 32.9 Å². The van der Waals surface area contributed by atoms with E-state index in [0.717, 1.165) is 162 Å². The smallest absolute Gasteiger partial charge is 0.339 e. The van der Waals surface area contributed by atoms with Crippen molar-refractivity contribution in [3.63, 3.8) is 0 Å². The van der Waals surface area contributed by atoms with Crippen molar-refractivity contribution in [1.82, 2.24) is 38.5 Å². The molecule has 3 saturated carbocycles. The van der Waals surface area contributed by atoms with Gasteiger partial charge in [-0.2, -0.15) is 39.5 Å². The molecule has 8 heterocycles. The van der Waals surface area contributed by atoms with E-state index >= 15 is 0 Å². The van der Waals surface area contributed by atoms with Gasteiger partial charge in [-0.1, -0.05) is 46.9 Å². The van der Waals surface area contributed by atoms with Crippen LogP contribution < -0.4 is 14.7 Å². The zero-order valence-corrected chi connectivity index (χ0v) is 57.1. The Morgan fingerprint density at radius 1 is 0.406 bits per heavy atom. The van der Waals surface area contributed by atoms with Gasteiger partial charge in [-0.3, -0.25) is 24.0 Å². The Morgan fingerprint density at radius 2 is 0.689 bits per heavy atom. The topological polar surface area (TPSA) is 155 Å². The van der Waals surface area contributed by atoms with Crippen molar-refractivity contribution in [3.05, 3.63) is 140 Å². The van der Waals surface area contributed by atoms with E-state index in [2.05, 4.69) is 0 Å². The van der Waals surface area contributed by atoms with E-state index in [9.17, 15) is 76.7 Å². The summed E-state index contributed by atoms with van der Waals surface area (Å²) >= 11 is 0. The Hall–Kier alpha value is -8.20. The van der Waals surface area contributed by atoms with Gasteiger partial charge in [-0.25, -0.2) is 28.1 Å². The molecule has 6 aromatic rings. The molecule has 106 heavy (non-hydrogen) atoms. The number of halogens is 12. The zero-order chi connectivity index (χ0) is 72.3. The van der Waals surface area contributed by atoms with Gasteiger partial charge in [-0.05, 0) is 188 Å². The van der Waals surface area contributed by atoms with E-state index in [0.29, 0.717) is 45.7 Å². The van der Waals surface area contributed by atoms with Crippen molar-refractivity contribution in [1.29, 1.82) is 0 Å². The van der Waals surface area contributed by atoms with E-state index in [4.69, 9.17) is 15.0 Å². The number of hydrogen-bond donors (Lipinski definition) is 0. The lowest BCUT2D eigenvalue weighted by Gasteiger charge is -2.47. The minimum absolute atomic E-state index is 0. The molecule has 16 nitrogen and oxygen atoms in total. The number of rotatable bonds is 17. The summed E-state index contributed by atoms with van der Waals surface area (Å²) in [6, 6.07) is 13.1. The summed E-state index contributed by atoms with van der Waals surface area (Å²) in [7, 11) is 0. The Kier molecular flexibility index (Phi) is 21.5. The van der Waals surface area contributed by atoms with Gasteiger partial charge in [0, 0.05) is 94.0 Å². The third-order valence-corrected chi connectivity index (χ3v) is 23.1. The number of anilines is 3. The summed E-state index contributed by atoms with van der Waals surface area (Å²) in [5.41, 5.74) is 6.97. The van der Waals surface area contributed by atoms with E-state index < -0.39 is 71.5 Å². The van der Waals surface area contributed by atoms with E-state index in [-0.39, 0.29) is 148 Å². The third kappa shape index (κ3) is 14.6. The molecule has 3 aromatic carbocycles. The first-order chi connectivity index (χ1) is 49.1. The Bertz CT molecular complexity index is 4150. The van der Waals surface area contributed by atoms with Crippen molar-refractivity contribution in [2.24, 2.45) is 11.8 Å². The Balaban J connectivity index is 0.000000147. The Morgan fingerprint density at radius 3 is 0.962 bits per heavy atom. The standard InChI is InChI=1S/2C26H28F4N4O2.C23H25F4N3O.3CH4/c2*27-17-8-9-18-21(12-17)34(24(36)25(18)14-32(15-25)23(35)16-6-7-16)13-22-31-19-4-1-2-5-20(19)33(22)11-3-10-26(28,29)30;24-15-7-8-16-19(13-15)30(21(31)22(16)9-3-10-22)14-20-28-17-5-1-2-6-18(17)29(20)12-4-11-23(25,26)27;;;/h2*8-9,12,16H,1-7,10-11,13-15H2;7-8,13H,1-6,9-12,14H2;3*1H4. The molecule has 6 aliphatic carbocycles. The van der Waals surface area contributed by atoms with Crippen LogP contribution >= 0.6 is 0 Å². The lowest BCUT2D eigenvalue weighted by molar-refractivity contribution is -0.146. The molecule has 0 radical (unpaired) electrons. The van der Waals surface area contributed by atoms with Gasteiger partial charge in [0.25, 0.3) is 0 Å². The van der Waals surface area contributed by atoms with Gasteiger partial charge in [0.2, 0.25) is 29.5 Å². The second-order valence-electron chi connectivity index (χ2n) is 30.2. The fourth-order valence-electron chi connectivity index (χ4n) is 17.5. The van der Waals surface area contributed by atoms with Gasteiger partial charge in [0.05, 0.1) is 59.2 Å². The summed E-state index contributed by atoms with van der Waals surface area (Å²) in [5, 5.41) is 0. The fraction of sp³-hybridized carbons (Fsp3) is 0.590. The number of aryl methyl sites for hydroxylation is 3. The SMILES string of the molecule is C.C.C.O=C(C1CC1)N1CC2(C1)C(=O)N(Cc1nc3c(n1CCCC(F)(F)F)CCCC3)c1cc(F)ccc12.O=C(C1CC1)N1CC2(C1)C(=O)N(Cc1nc3c(n1CCCC(F)(F)F)CCCC3)c1cc(F)ccc12.O=C1N(Cc2nc3c(n2CCCC(F)(F)F)CCCC3)c2cc(F)ccc2C12CCC2. The van der Waals surface area contributed by atoms with Crippen LogP contribution in [0, 0.1) is 29.3 Å². The number of carbonyl (C=O) groups is 5. The predicted octanol–water partition coefficient (Wildman–Crippen LogP) is 15.7. The number of hydrogen-bond acceptors (Lipinski definition) is 8. The van der Waals surface area contributed by atoms with Crippen LogP contribution in [0.5, 0.6) is 0 Å². The summed E-state index contributed by atoms with van der Waals surface area (Å²) in [6.07, 6.45) is 0.953. The molecule has 574 valence electrons. The maximum Gasteiger partial charge on any atom is 0.389 e. The van der Waals surface area contributed by atoms with Crippen LogP contribution in [-0.4, -0.2) is 113 Å². The first-order valence-corrected chi connectivity index (χ1v) is 36.5. The molecule has 0 atom stereocenters. The molecule has 17 rings (SSSR count). The molecule has 3 spiro atoms. The van der Waals surface area contributed by atoms with Crippen LogP contribution in [0.3, 0.4) is 0 Å². The second kappa shape index (κ2) is 29.4. The number of aromatic nitrogens is 6. The fourth-order valence-corrected chi connectivity index (χ4v) is 17.5. The average Bonchev–Trinajstić information content (AvgIpc) is 1.55. The highest BCUT2D eigenvalue weighted by Gasteiger charge is 2.62. The van der Waals surface area contributed by atoms with Crippen molar-refractivity contribution >= 4 is 46.6 Å². The highest BCUT2D eigenvalue weighted by Crippen LogP contribution is 2.55. The molecule has 0 N–H and O–H groups in total. The molecule has 0 bridgehead atoms. The van der Waals surface area contributed by atoms with Crippen molar-refractivity contribution in [3.8, 4) is 0 Å². The quantitative estimate of drug-likeness (QED) is 0.0818. The highest BCUT2D eigenvalue weighted by atomic mass is 19.4. The molecule has 5 amide bonds. The van der Waals surface area contributed by atoms with Gasteiger partial charge in [0.15, 0.2) is 0 Å². The lowest BCUT2D eigenvalue weighted by Crippen LogP contribution is -2.65. The van der Waals surface area contributed by atoms with Crippen molar-refractivity contribution in [2.75, 3.05) is 40.9 Å². The molecule has 5 aliphatic heterocycles. The molecule has 0 unspecified atom stereocenters. The molecular weight excluding hydrogens is 1400 g/mol. The predicted molar refractivity (Wildman–Crippen MR) is 373 cm³/mol. The van der Waals surface area contributed by atoms with Gasteiger partial charge in [0.1, 0.15) is 45.8 Å². The normalized spacial score (nSPS) is 19.6. The first kappa shape index (κ1) is 77.4. The highest BCUT2D eigenvalue weighted by molar-refractivity contribution is 6.11. The molecule has 2 saturated heterocycles. The summed E-state index contributed by atoms with van der Waals surface area (Å²) in [6.45, 7) is 1.93. The summed E-state index contributed by atoms with van der Waals surface area (Å²) in [5.74, 6) is 0.143. The number of carbonyl (C=O) groups excluding carboxylic acids is 5. The van der Waals surface area contributed by atoms with Crippen LogP contribution in [0.25, 0.3) is 0 Å². The molecule has 3 aromatic heterocycles. The number of fused-ring (bicyclic) bond motifs is 9. The largest absolute Gasteiger partial charge is 0.389 e. The van der Waals surface area contributed by atoms with Crippen molar-refractivity contribution < 1.29 is 76.7 Å². The minimum Gasteiger partial charge on any atom is -0.339 e. The Labute approximate surface area is 609 Å². The first-order valence-electron chi connectivity index (χ1n) is 36.5. The third-order valence-electron chi connectivity index (χ3n) is 23.1. The monoisotopic (exact) mass is 1490 g/mol. The average molecular weight is 1490 g/mol. The van der Waals surface area contributed by atoms with Crippen LogP contribution in [0.15, 0.2) is 54.6 Å². The molecule has 28 heteroatoms. The van der Waals surface area contributed by atoms with Gasteiger partial charge in [-0.15, -0.1) is 0 Å². The maximum absolute atomic E-state index is 14.3. The van der Waals surface area contributed by atoms with Crippen LogP contribution in [-0.2, 0) is 118 Å². The van der Waals surface area contributed by atoms with E-state index in [1.165, 1.54) is 46.2 Å².